The molecule has 4 nitrogen and oxygen atoms in total. The highest BCUT2D eigenvalue weighted by molar-refractivity contribution is 9.10. The summed E-state index contributed by atoms with van der Waals surface area (Å²) < 4.78 is 27.5. The van der Waals surface area contributed by atoms with E-state index in [9.17, 15) is 13.6 Å². The highest BCUT2D eigenvalue weighted by atomic mass is 79.9. The first-order valence-electron chi connectivity index (χ1n) is 6.07. The number of carboxylic acid groups (broad SMARTS) is 1. The summed E-state index contributed by atoms with van der Waals surface area (Å²) >= 11 is 2.94. The summed E-state index contributed by atoms with van der Waals surface area (Å²) in [5.41, 5.74) is 0. The van der Waals surface area contributed by atoms with E-state index in [0.717, 1.165) is 12.1 Å². The van der Waals surface area contributed by atoms with Gasteiger partial charge in [0, 0.05) is 4.47 Å². The van der Waals surface area contributed by atoms with E-state index < -0.39 is 29.5 Å². The maximum atomic E-state index is 13.6. The third-order valence-corrected chi connectivity index (χ3v) is 3.01. The molecule has 1 aromatic rings. The second-order valence-electron chi connectivity index (χ2n) is 4.88. The van der Waals surface area contributed by atoms with Crippen molar-refractivity contribution in [3.05, 3.63) is 28.2 Å². The van der Waals surface area contributed by atoms with Crippen molar-refractivity contribution in [3.8, 4) is 5.75 Å². The quantitative estimate of drug-likeness (QED) is 0.798. The number of rotatable bonds is 5. The monoisotopic (exact) mass is 351 g/mol. The van der Waals surface area contributed by atoms with Gasteiger partial charge in [-0.2, -0.15) is 0 Å². The fourth-order valence-electron chi connectivity index (χ4n) is 1.81. The van der Waals surface area contributed by atoms with Crippen LogP contribution in [0.3, 0.4) is 0 Å². The van der Waals surface area contributed by atoms with Gasteiger partial charge in [-0.3, -0.25) is 0 Å². The number of benzene rings is 1. The van der Waals surface area contributed by atoms with Gasteiger partial charge in [0.05, 0.1) is 6.04 Å². The molecule has 0 saturated carbocycles. The van der Waals surface area contributed by atoms with Crippen LogP contribution in [0.25, 0.3) is 0 Å². The predicted molar refractivity (Wildman–Crippen MR) is 73.5 cm³/mol. The Morgan fingerprint density at radius 3 is 2.25 bits per heavy atom. The highest BCUT2D eigenvalue weighted by Gasteiger charge is 2.25. The molecular weight excluding hydrogens is 336 g/mol. The van der Waals surface area contributed by atoms with Crippen molar-refractivity contribution in [2.45, 2.75) is 33.2 Å². The Kier molecular flexibility index (Phi) is 5.74. The van der Waals surface area contributed by atoms with E-state index in [2.05, 4.69) is 15.9 Å². The first kappa shape index (κ1) is 16.7. The number of nitrogens with zero attached hydrogens (tertiary/aromatic N) is 1. The smallest absolute Gasteiger partial charge is 0.441 e. The number of hydroxylamine groups is 2. The molecular formula is C13H16BrF2NO3. The maximum Gasteiger partial charge on any atom is 0.441 e. The average molecular weight is 352 g/mol. The standard InChI is InChI=1S/C13H16BrF2NO3/c1-7(2)4-8(3)17(13(18)19)20-12-10(15)5-9(14)6-11(12)16/h5-8H,4H2,1-3H3,(H,18,19). The van der Waals surface area contributed by atoms with Gasteiger partial charge in [0.2, 0.25) is 5.75 Å². The van der Waals surface area contributed by atoms with E-state index in [-0.39, 0.29) is 10.4 Å². The topological polar surface area (TPSA) is 49.8 Å². The molecule has 1 amide bonds. The van der Waals surface area contributed by atoms with Gasteiger partial charge in [0.25, 0.3) is 0 Å². The van der Waals surface area contributed by atoms with Crippen molar-refractivity contribution in [1.29, 1.82) is 0 Å². The van der Waals surface area contributed by atoms with Crippen LogP contribution >= 0.6 is 15.9 Å². The molecule has 0 aliphatic heterocycles. The van der Waals surface area contributed by atoms with Gasteiger partial charge in [0.15, 0.2) is 11.6 Å². The molecule has 0 aliphatic carbocycles. The molecule has 20 heavy (non-hydrogen) atoms. The minimum atomic E-state index is -1.40. The molecule has 7 heteroatoms. The third kappa shape index (κ3) is 4.33. The first-order chi connectivity index (χ1) is 9.22. The minimum Gasteiger partial charge on any atom is -0.463 e. The van der Waals surface area contributed by atoms with E-state index in [4.69, 9.17) is 9.94 Å². The zero-order valence-corrected chi connectivity index (χ0v) is 12.9. The van der Waals surface area contributed by atoms with Crippen molar-refractivity contribution in [2.24, 2.45) is 5.92 Å². The summed E-state index contributed by atoms with van der Waals surface area (Å²) in [6, 6.07) is 1.48. The number of hydrogen-bond acceptors (Lipinski definition) is 2. The van der Waals surface area contributed by atoms with Crippen LogP contribution in [-0.4, -0.2) is 22.3 Å². The second-order valence-corrected chi connectivity index (χ2v) is 5.79. The van der Waals surface area contributed by atoms with Crippen LogP contribution in [0.4, 0.5) is 13.6 Å². The largest absolute Gasteiger partial charge is 0.463 e. The molecule has 1 rings (SSSR count). The van der Waals surface area contributed by atoms with E-state index >= 15 is 0 Å². The molecule has 112 valence electrons. The van der Waals surface area contributed by atoms with Crippen LogP contribution in [0.2, 0.25) is 0 Å². The Morgan fingerprint density at radius 1 is 1.35 bits per heavy atom. The lowest BCUT2D eigenvalue weighted by atomic mass is 10.1. The summed E-state index contributed by atoms with van der Waals surface area (Å²) in [6.07, 6.45) is -0.897. The minimum absolute atomic E-state index is 0.206. The molecule has 0 radical (unpaired) electrons. The van der Waals surface area contributed by atoms with Crippen LogP contribution in [0.5, 0.6) is 5.75 Å². The van der Waals surface area contributed by atoms with Crippen LogP contribution < -0.4 is 4.84 Å². The Morgan fingerprint density at radius 2 is 1.85 bits per heavy atom. The molecule has 0 saturated heterocycles. The van der Waals surface area contributed by atoms with Crippen molar-refractivity contribution in [2.75, 3.05) is 0 Å². The van der Waals surface area contributed by atoms with Crippen LogP contribution in [-0.2, 0) is 0 Å². The summed E-state index contributed by atoms with van der Waals surface area (Å²) in [6.45, 7) is 5.44. The van der Waals surface area contributed by atoms with Gasteiger partial charge >= 0.3 is 6.09 Å². The fourth-order valence-corrected chi connectivity index (χ4v) is 2.21. The fraction of sp³-hybridized carbons (Fsp3) is 0.462. The van der Waals surface area contributed by atoms with Crippen LogP contribution in [0.1, 0.15) is 27.2 Å². The van der Waals surface area contributed by atoms with Crippen molar-refractivity contribution in [1.82, 2.24) is 5.06 Å². The average Bonchev–Trinajstić information content (AvgIpc) is 2.25. The Balaban J connectivity index is 3.00. The summed E-state index contributed by atoms with van der Waals surface area (Å²) in [7, 11) is 0. The zero-order chi connectivity index (χ0) is 15.4. The van der Waals surface area contributed by atoms with E-state index in [0.29, 0.717) is 11.5 Å². The van der Waals surface area contributed by atoms with E-state index in [1.807, 2.05) is 13.8 Å². The lowest BCUT2D eigenvalue weighted by Gasteiger charge is -2.27. The van der Waals surface area contributed by atoms with Gasteiger partial charge in [-0.25, -0.2) is 13.6 Å². The number of carbonyl (C=O) groups is 1. The molecule has 0 aromatic heterocycles. The lowest BCUT2D eigenvalue weighted by Crippen LogP contribution is -2.41. The predicted octanol–water partition coefficient (Wildman–Crippen LogP) is 4.44. The highest BCUT2D eigenvalue weighted by Crippen LogP contribution is 2.27. The third-order valence-electron chi connectivity index (χ3n) is 2.55. The van der Waals surface area contributed by atoms with Crippen LogP contribution in [0.15, 0.2) is 16.6 Å². The second kappa shape index (κ2) is 6.88. The van der Waals surface area contributed by atoms with Gasteiger partial charge in [-0.15, -0.1) is 5.06 Å². The zero-order valence-electron chi connectivity index (χ0n) is 11.4. The van der Waals surface area contributed by atoms with Gasteiger partial charge in [-0.05, 0) is 31.4 Å². The molecule has 0 aliphatic rings. The summed E-state index contributed by atoms with van der Waals surface area (Å²) in [5.74, 6) is -2.46. The Hall–Kier alpha value is -1.37. The van der Waals surface area contributed by atoms with Gasteiger partial charge in [-0.1, -0.05) is 29.8 Å². The lowest BCUT2D eigenvalue weighted by molar-refractivity contribution is -0.0732. The molecule has 0 bridgehead atoms. The molecule has 0 spiro atoms. The maximum absolute atomic E-state index is 13.6. The van der Waals surface area contributed by atoms with Gasteiger partial charge in [0.1, 0.15) is 0 Å². The van der Waals surface area contributed by atoms with Crippen molar-refractivity contribution < 1.29 is 23.5 Å². The Bertz CT molecular complexity index is 473. The molecule has 1 unspecified atom stereocenters. The molecule has 1 aromatic carbocycles. The SMILES string of the molecule is CC(C)CC(C)N(Oc1c(F)cc(Br)cc1F)C(=O)O. The van der Waals surface area contributed by atoms with Crippen molar-refractivity contribution in [3.63, 3.8) is 0 Å². The van der Waals surface area contributed by atoms with E-state index in [1.165, 1.54) is 0 Å². The van der Waals surface area contributed by atoms with Crippen molar-refractivity contribution >= 4 is 22.0 Å². The number of hydrogen-bond donors (Lipinski definition) is 1. The molecule has 0 fully saturated rings. The van der Waals surface area contributed by atoms with Crippen LogP contribution in [0, 0.1) is 17.6 Å². The molecule has 0 heterocycles. The molecule has 1 N–H and O–H groups in total. The normalized spacial score (nSPS) is 12.3. The van der Waals surface area contributed by atoms with Gasteiger partial charge < -0.3 is 9.94 Å². The first-order valence-corrected chi connectivity index (χ1v) is 6.86. The van der Waals surface area contributed by atoms with E-state index in [1.54, 1.807) is 6.92 Å². The summed E-state index contributed by atoms with van der Waals surface area (Å²) in [4.78, 5) is 16.1. The molecule has 1 atom stereocenters. The number of halogens is 3. The number of amides is 1. The summed E-state index contributed by atoms with van der Waals surface area (Å²) in [5, 5.41) is 9.67. The Labute approximate surface area is 124 Å².